The Morgan fingerprint density at radius 1 is 1.10 bits per heavy atom. The van der Waals surface area contributed by atoms with Crippen molar-refractivity contribution in [1.82, 2.24) is 4.98 Å². The van der Waals surface area contributed by atoms with E-state index in [1.54, 1.807) is 0 Å². The molecular formula is C17H25NO2. The zero-order chi connectivity index (χ0) is 15.0. The van der Waals surface area contributed by atoms with Gasteiger partial charge in [0.05, 0.1) is 12.3 Å². The smallest absolute Gasteiger partial charge is 0.226 e. The lowest BCUT2D eigenvalue weighted by molar-refractivity contribution is 0.309. The normalized spacial score (nSPS) is 9.85. The zero-order valence-electron chi connectivity index (χ0n) is 13.2. The molecule has 0 radical (unpaired) electrons. The van der Waals surface area contributed by atoms with Gasteiger partial charge in [-0.15, -0.1) is 0 Å². The summed E-state index contributed by atoms with van der Waals surface area (Å²) < 4.78 is 11.2. The second-order valence-electron chi connectivity index (χ2n) is 4.39. The van der Waals surface area contributed by atoms with Crippen molar-refractivity contribution < 1.29 is 9.15 Å². The molecule has 1 aromatic heterocycles. The van der Waals surface area contributed by atoms with E-state index in [0.29, 0.717) is 5.89 Å². The van der Waals surface area contributed by atoms with Crippen molar-refractivity contribution in [3.63, 3.8) is 0 Å². The number of unbranched alkanes of at least 4 members (excludes halogenated alkanes) is 1. The molecule has 0 amide bonds. The lowest BCUT2D eigenvalue weighted by atomic mass is 10.2. The van der Waals surface area contributed by atoms with E-state index < -0.39 is 0 Å². The summed E-state index contributed by atoms with van der Waals surface area (Å²) in [6.45, 7) is 10.8. The molecular weight excluding hydrogens is 250 g/mol. The van der Waals surface area contributed by atoms with Crippen molar-refractivity contribution in [1.29, 1.82) is 0 Å². The number of oxazole rings is 1. The van der Waals surface area contributed by atoms with E-state index in [-0.39, 0.29) is 0 Å². The van der Waals surface area contributed by atoms with Crippen LogP contribution < -0.4 is 4.74 Å². The van der Waals surface area contributed by atoms with E-state index in [1.165, 1.54) is 0 Å². The van der Waals surface area contributed by atoms with Gasteiger partial charge in [0.15, 0.2) is 0 Å². The van der Waals surface area contributed by atoms with Crippen LogP contribution in [-0.2, 0) is 0 Å². The number of rotatable bonds is 5. The largest absolute Gasteiger partial charge is 0.494 e. The molecule has 2 rings (SSSR count). The Kier molecular flexibility index (Phi) is 6.85. The van der Waals surface area contributed by atoms with Crippen LogP contribution in [0.2, 0.25) is 0 Å². The molecule has 0 saturated carbocycles. The minimum atomic E-state index is 0.671. The third-order valence-electron chi connectivity index (χ3n) is 2.90. The van der Waals surface area contributed by atoms with Crippen LogP contribution in [0.1, 0.15) is 45.1 Å². The first-order valence-corrected chi connectivity index (χ1v) is 7.38. The van der Waals surface area contributed by atoms with Gasteiger partial charge in [-0.3, -0.25) is 0 Å². The van der Waals surface area contributed by atoms with Crippen molar-refractivity contribution in [2.24, 2.45) is 0 Å². The van der Waals surface area contributed by atoms with E-state index in [0.717, 1.165) is 42.2 Å². The number of nitrogens with zero attached hydrogens (tertiary/aromatic N) is 1. The third kappa shape index (κ3) is 4.41. The molecule has 0 aliphatic heterocycles. The van der Waals surface area contributed by atoms with Gasteiger partial charge in [0.1, 0.15) is 11.5 Å². The first-order chi connectivity index (χ1) is 9.70. The topological polar surface area (TPSA) is 35.3 Å². The molecule has 0 saturated heterocycles. The van der Waals surface area contributed by atoms with Crippen LogP contribution in [0.3, 0.4) is 0 Å². The van der Waals surface area contributed by atoms with Crippen LogP contribution in [0.15, 0.2) is 28.7 Å². The predicted molar refractivity (Wildman–Crippen MR) is 83.2 cm³/mol. The Morgan fingerprint density at radius 3 is 2.25 bits per heavy atom. The number of aromatic nitrogens is 1. The Balaban J connectivity index is 0.000000956. The summed E-state index contributed by atoms with van der Waals surface area (Å²) in [6, 6.07) is 7.87. The highest BCUT2D eigenvalue weighted by Gasteiger charge is 2.07. The molecule has 0 unspecified atom stereocenters. The van der Waals surface area contributed by atoms with Gasteiger partial charge in [0.2, 0.25) is 5.89 Å². The van der Waals surface area contributed by atoms with Crippen LogP contribution in [0.5, 0.6) is 5.75 Å². The highest BCUT2D eigenvalue weighted by Crippen LogP contribution is 2.23. The maximum Gasteiger partial charge on any atom is 0.226 e. The van der Waals surface area contributed by atoms with E-state index in [4.69, 9.17) is 9.15 Å². The first-order valence-electron chi connectivity index (χ1n) is 7.38. The highest BCUT2D eigenvalue weighted by molar-refractivity contribution is 5.55. The Bertz CT molecular complexity index is 481. The van der Waals surface area contributed by atoms with Crippen LogP contribution in [0.25, 0.3) is 11.5 Å². The summed E-state index contributed by atoms with van der Waals surface area (Å²) in [6.07, 6.45) is 2.23. The van der Waals surface area contributed by atoms with Crippen molar-refractivity contribution in [3.05, 3.63) is 35.7 Å². The van der Waals surface area contributed by atoms with E-state index >= 15 is 0 Å². The summed E-state index contributed by atoms with van der Waals surface area (Å²) in [7, 11) is 0. The molecule has 1 aromatic carbocycles. The van der Waals surface area contributed by atoms with Gasteiger partial charge in [0, 0.05) is 5.56 Å². The van der Waals surface area contributed by atoms with Gasteiger partial charge in [-0.05, 0) is 44.5 Å². The fourth-order valence-corrected chi connectivity index (χ4v) is 1.62. The van der Waals surface area contributed by atoms with Gasteiger partial charge in [0.25, 0.3) is 0 Å². The molecule has 20 heavy (non-hydrogen) atoms. The second kappa shape index (κ2) is 8.41. The summed E-state index contributed by atoms with van der Waals surface area (Å²) in [5.41, 5.74) is 1.92. The summed E-state index contributed by atoms with van der Waals surface area (Å²) in [4.78, 5) is 4.38. The molecule has 0 aliphatic carbocycles. The second-order valence-corrected chi connectivity index (χ2v) is 4.39. The average Bonchev–Trinajstić information content (AvgIpc) is 2.82. The minimum Gasteiger partial charge on any atom is -0.494 e. The van der Waals surface area contributed by atoms with E-state index in [9.17, 15) is 0 Å². The number of ether oxygens (including phenoxy) is 1. The molecule has 0 bridgehead atoms. The fourth-order valence-electron chi connectivity index (χ4n) is 1.62. The molecule has 0 spiro atoms. The number of benzene rings is 1. The standard InChI is InChI=1S/C15H19NO2.C2H6/c1-4-5-10-17-14-8-6-13(7-9-14)15-16-11(2)12(3)18-15;1-2/h6-9H,4-5,10H2,1-3H3;1-2H3. The first kappa shape index (κ1) is 16.3. The lowest BCUT2D eigenvalue weighted by Gasteiger charge is -2.05. The molecule has 0 atom stereocenters. The number of aryl methyl sites for hydroxylation is 2. The van der Waals surface area contributed by atoms with E-state index in [2.05, 4.69) is 11.9 Å². The van der Waals surface area contributed by atoms with Crippen molar-refractivity contribution in [3.8, 4) is 17.2 Å². The average molecular weight is 275 g/mol. The summed E-state index contributed by atoms with van der Waals surface area (Å²) in [5, 5.41) is 0. The maximum absolute atomic E-state index is 5.62. The van der Waals surface area contributed by atoms with Crippen molar-refractivity contribution in [2.45, 2.75) is 47.5 Å². The Morgan fingerprint density at radius 2 is 1.75 bits per heavy atom. The molecule has 1 heterocycles. The molecule has 2 aromatic rings. The zero-order valence-corrected chi connectivity index (χ0v) is 13.2. The fraction of sp³-hybridized carbons (Fsp3) is 0.471. The summed E-state index contributed by atoms with van der Waals surface area (Å²) in [5.74, 6) is 2.44. The molecule has 3 nitrogen and oxygen atoms in total. The number of hydrogen-bond donors (Lipinski definition) is 0. The predicted octanol–water partition coefficient (Wildman–Crippen LogP) is 5.16. The van der Waals surface area contributed by atoms with Crippen molar-refractivity contribution in [2.75, 3.05) is 6.61 Å². The van der Waals surface area contributed by atoms with Gasteiger partial charge < -0.3 is 9.15 Å². The van der Waals surface area contributed by atoms with Crippen LogP contribution in [0.4, 0.5) is 0 Å². The van der Waals surface area contributed by atoms with E-state index in [1.807, 2.05) is 52.0 Å². The monoisotopic (exact) mass is 275 g/mol. The number of hydrogen-bond acceptors (Lipinski definition) is 3. The third-order valence-corrected chi connectivity index (χ3v) is 2.90. The Hall–Kier alpha value is -1.77. The Labute approximate surface area is 122 Å². The minimum absolute atomic E-state index is 0.671. The molecule has 110 valence electrons. The van der Waals surface area contributed by atoms with Gasteiger partial charge in [-0.1, -0.05) is 27.2 Å². The van der Waals surface area contributed by atoms with Crippen LogP contribution in [-0.4, -0.2) is 11.6 Å². The molecule has 0 N–H and O–H groups in total. The highest BCUT2D eigenvalue weighted by atomic mass is 16.5. The van der Waals surface area contributed by atoms with Crippen LogP contribution in [0, 0.1) is 13.8 Å². The SMILES string of the molecule is CC.CCCCOc1ccc(-c2nc(C)c(C)o2)cc1. The van der Waals surface area contributed by atoms with Gasteiger partial charge in [-0.25, -0.2) is 4.98 Å². The molecule has 3 heteroatoms. The molecule has 0 aliphatic rings. The van der Waals surface area contributed by atoms with Gasteiger partial charge in [-0.2, -0.15) is 0 Å². The quantitative estimate of drug-likeness (QED) is 0.707. The molecule has 0 fully saturated rings. The van der Waals surface area contributed by atoms with Crippen LogP contribution >= 0.6 is 0 Å². The van der Waals surface area contributed by atoms with Gasteiger partial charge >= 0.3 is 0 Å². The lowest BCUT2D eigenvalue weighted by Crippen LogP contribution is -1.95. The van der Waals surface area contributed by atoms with Crippen molar-refractivity contribution >= 4 is 0 Å². The summed E-state index contributed by atoms with van der Waals surface area (Å²) >= 11 is 0. The maximum atomic E-state index is 5.62.